The van der Waals surface area contributed by atoms with Gasteiger partial charge in [0.25, 0.3) is 0 Å². The molecule has 0 heterocycles. The maximum Gasteiger partial charge on any atom is 0.305 e. The van der Waals surface area contributed by atoms with Crippen molar-refractivity contribution in [1.82, 2.24) is 5.32 Å². The molecule has 4 nitrogen and oxygen atoms in total. The van der Waals surface area contributed by atoms with Crippen molar-refractivity contribution in [2.45, 2.75) is 18.7 Å². The number of hydrogen-bond donors (Lipinski definition) is 2. The highest BCUT2D eigenvalue weighted by atomic mass is 35.5. The van der Waals surface area contributed by atoms with E-state index in [-0.39, 0.29) is 18.9 Å². The number of hydrogen-bond acceptors (Lipinski definition) is 2. The first-order chi connectivity index (χ1) is 5.04. The summed E-state index contributed by atoms with van der Waals surface area (Å²) in [6, 6.07) is 0. The van der Waals surface area contributed by atoms with Crippen molar-refractivity contribution in [2.75, 3.05) is 6.54 Å². The molecule has 0 aliphatic rings. The van der Waals surface area contributed by atoms with Crippen LogP contribution in [0.5, 0.6) is 0 Å². The van der Waals surface area contributed by atoms with Crippen LogP contribution in [0.25, 0.3) is 0 Å². The third-order valence-electron chi connectivity index (χ3n) is 0.999. The summed E-state index contributed by atoms with van der Waals surface area (Å²) in [5, 5.41) is 9.93. The second kappa shape index (κ2) is 4.96. The van der Waals surface area contributed by atoms with Gasteiger partial charge in [0.2, 0.25) is 5.91 Å². The van der Waals surface area contributed by atoms with E-state index in [9.17, 15) is 9.59 Å². The Hall–Kier alpha value is -0.770. The largest absolute Gasteiger partial charge is 0.481 e. The number of carboxylic acid groups (broad SMARTS) is 1. The van der Waals surface area contributed by atoms with Gasteiger partial charge in [0.15, 0.2) is 0 Å². The van der Waals surface area contributed by atoms with Crippen LogP contribution < -0.4 is 5.32 Å². The summed E-state index contributed by atoms with van der Waals surface area (Å²) < 4.78 is 0. The normalized spacial score (nSPS) is 12.2. The second-order valence-electron chi connectivity index (χ2n) is 2.05. The van der Waals surface area contributed by atoms with E-state index in [4.69, 9.17) is 16.7 Å². The van der Waals surface area contributed by atoms with Crippen molar-refractivity contribution in [1.29, 1.82) is 0 Å². The third-order valence-corrected chi connectivity index (χ3v) is 1.20. The minimum absolute atomic E-state index is 0.0741. The molecule has 11 heavy (non-hydrogen) atoms. The van der Waals surface area contributed by atoms with E-state index in [2.05, 4.69) is 5.32 Å². The molecular weight excluding hydrogens is 170 g/mol. The van der Waals surface area contributed by atoms with E-state index in [0.717, 1.165) is 0 Å². The number of halogens is 1. The third kappa shape index (κ3) is 5.66. The number of carboxylic acids is 1. The van der Waals surface area contributed by atoms with Crippen molar-refractivity contribution in [3.05, 3.63) is 0 Å². The fraction of sp³-hybridized carbons (Fsp3) is 0.667. The molecule has 0 unspecified atom stereocenters. The van der Waals surface area contributed by atoms with E-state index in [1.165, 1.54) is 6.92 Å². The van der Waals surface area contributed by atoms with Crippen molar-refractivity contribution >= 4 is 23.5 Å². The van der Waals surface area contributed by atoms with Gasteiger partial charge in [0.1, 0.15) is 5.38 Å². The molecule has 0 saturated heterocycles. The van der Waals surface area contributed by atoms with Crippen LogP contribution in [0.1, 0.15) is 13.3 Å². The monoisotopic (exact) mass is 179 g/mol. The van der Waals surface area contributed by atoms with Gasteiger partial charge in [-0.2, -0.15) is 0 Å². The number of alkyl halides is 1. The molecule has 5 heteroatoms. The second-order valence-corrected chi connectivity index (χ2v) is 2.71. The molecule has 0 rings (SSSR count). The van der Waals surface area contributed by atoms with E-state index < -0.39 is 11.3 Å². The van der Waals surface area contributed by atoms with E-state index in [1.807, 2.05) is 0 Å². The molecule has 0 spiro atoms. The zero-order valence-electron chi connectivity index (χ0n) is 6.13. The molecule has 0 aromatic carbocycles. The van der Waals surface area contributed by atoms with Gasteiger partial charge in [0, 0.05) is 6.54 Å². The smallest absolute Gasteiger partial charge is 0.305 e. The fourth-order valence-corrected chi connectivity index (χ4v) is 0.510. The molecule has 1 amide bonds. The standard InChI is InChI=1S/C6H10ClNO3/c1-4(7)6(11)8-3-2-5(9)10/h4H,2-3H2,1H3,(H,8,11)(H,9,10)/t4-/m1/s1. The Kier molecular flexibility index (Phi) is 4.61. The van der Waals surface area contributed by atoms with Gasteiger partial charge in [0.05, 0.1) is 6.42 Å². The molecular formula is C6H10ClNO3. The summed E-state index contributed by atoms with van der Waals surface area (Å²) in [4.78, 5) is 20.7. The SMILES string of the molecule is C[C@@H](Cl)C(=O)NCCC(=O)O. The average molecular weight is 180 g/mol. The van der Waals surface area contributed by atoms with Crippen LogP contribution in [0.2, 0.25) is 0 Å². The van der Waals surface area contributed by atoms with Crippen molar-refractivity contribution in [3.8, 4) is 0 Å². The maximum atomic E-state index is 10.7. The molecule has 1 atom stereocenters. The van der Waals surface area contributed by atoms with Gasteiger partial charge in [-0.15, -0.1) is 11.6 Å². The van der Waals surface area contributed by atoms with Crippen LogP contribution in [0, 0.1) is 0 Å². The number of amides is 1. The highest BCUT2D eigenvalue weighted by Gasteiger charge is 2.07. The maximum absolute atomic E-state index is 10.7. The van der Waals surface area contributed by atoms with Crippen LogP contribution >= 0.6 is 11.6 Å². The van der Waals surface area contributed by atoms with Gasteiger partial charge in [-0.1, -0.05) is 0 Å². The highest BCUT2D eigenvalue weighted by molar-refractivity contribution is 6.30. The number of rotatable bonds is 4. The summed E-state index contributed by atoms with van der Waals surface area (Å²) in [6.45, 7) is 1.66. The molecule has 0 saturated carbocycles. The molecule has 0 radical (unpaired) electrons. The quantitative estimate of drug-likeness (QED) is 0.606. The lowest BCUT2D eigenvalue weighted by molar-refractivity contribution is -0.136. The van der Waals surface area contributed by atoms with E-state index in [1.54, 1.807) is 0 Å². The Bertz CT molecular complexity index is 158. The zero-order valence-corrected chi connectivity index (χ0v) is 6.89. The fourth-order valence-electron chi connectivity index (χ4n) is 0.433. The minimum atomic E-state index is -0.937. The minimum Gasteiger partial charge on any atom is -0.481 e. The Morgan fingerprint density at radius 2 is 2.18 bits per heavy atom. The first-order valence-corrected chi connectivity index (χ1v) is 3.61. The van der Waals surface area contributed by atoms with Crippen LogP contribution in [-0.2, 0) is 9.59 Å². The van der Waals surface area contributed by atoms with Crippen molar-refractivity contribution in [3.63, 3.8) is 0 Å². The van der Waals surface area contributed by atoms with Crippen LogP contribution in [0.3, 0.4) is 0 Å². The Balaban J connectivity index is 3.39. The summed E-state index contributed by atoms with van der Waals surface area (Å²) >= 11 is 5.38. The molecule has 0 bridgehead atoms. The lowest BCUT2D eigenvalue weighted by Crippen LogP contribution is -2.31. The number of carbonyl (C=O) groups excluding carboxylic acids is 1. The van der Waals surface area contributed by atoms with Gasteiger partial charge < -0.3 is 10.4 Å². The Labute approximate surface area is 69.5 Å². The molecule has 2 N–H and O–H groups in total. The first-order valence-electron chi connectivity index (χ1n) is 3.17. The predicted molar refractivity (Wildman–Crippen MR) is 40.6 cm³/mol. The Morgan fingerprint density at radius 3 is 2.55 bits per heavy atom. The van der Waals surface area contributed by atoms with Crippen molar-refractivity contribution in [2.24, 2.45) is 0 Å². The van der Waals surface area contributed by atoms with Crippen LogP contribution in [0.4, 0.5) is 0 Å². The Morgan fingerprint density at radius 1 is 1.64 bits per heavy atom. The zero-order chi connectivity index (χ0) is 8.85. The molecule has 0 aliphatic carbocycles. The van der Waals surface area contributed by atoms with Crippen LogP contribution in [-0.4, -0.2) is 28.9 Å². The van der Waals surface area contributed by atoms with Gasteiger partial charge in [-0.05, 0) is 6.92 Å². The average Bonchev–Trinajstić information content (AvgIpc) is 1.86. The van der Waals surface area contributed by atoms with E-state index >= 15 is 0 Å². The summed E-state index contributed by atoms with van der Waals surface area (Å²) in [7, 11) is 0. The first kappa shape index (κ1) is 10.2. The van der Waals surface area contributed by atoms with Gasteiger partial charge in [-0.25, -0.2) is 0 Å². The summed E-state index contributed by atoms with van der Waals surface area (Å²) in [5.74, 6) is -1.28. The number of nitrogens with one attached hydrogen (secondary N) is 1. The highest BCUT2D eigenvalue weighted by Crippen LogP contribution is 1.91. The summed E-state index contributed by atoms with van der Waals surface area (Å²) in [5.41, 5.74) is 0. The van der Waals surface area contributed by atoms with Gasteiger partial charge in [-0.3, -0.25) is 9.59 Å². The lowest BCUT2D eigenvalue weighted by atomic mass is 10.4. The predicted octanol–water partition coefficient (Wildman–Crippen LogP) is 0.205. The molecule has 64 valence electrons. The lowest BCUT2D eigenvalue weighted by Gasteiger charge is -2.03. The van der Waals surface area contributed by atoms with Gasteiger partial charge >= 0.3 is 5.97 Å². The topological polar surface area (TPSA) is 66.4 Å². The molecule has 0 aliphatic heterocycles. The van der Waals surface area contributed by atoms with Crippen molar-refractivity contribution < 1.29 is 14.7 Å². The van der Waals surface area contributed by atoms with E-state index in [0.29, 0.717) is 0 Å². The summed E-state index contributed by atoms with van der Waals surface area (Å²) in [6.07, 6.45) is -0.0741. The molecule has 0 aromatic rings. The molecule has 0 fully saturated rings. The molecule has 0 aromatic heterocycles. The number of aliphatic carboxylic acids is 1. The van der Waals surface area contributed by atoms with Crippen LogP contribution in [0.15, 0.2) is 0 Å². The number of carbonyl (C=O) groups is 2.